The maximum absolute atomic E-state index is 3.74. The standard InChI is InChI=1S/C14H28N2/c1-2-15-14(12-16-10-6-7-11-16)13-8-4-3-5-9-13/h13-15H,2-12H2,1H3. The Morgan fingerprint density at radius 3 is 2.38 bits per heavy atom. The molecule has 2 heteroatoms. The zero-order valence-corrected chi connectivity index (χ0v) is 10.9. The monoisotopic (exact) mass is 224 g/mol. The lowest BCUT2D eigenvalue weighted by Gasteiger charge is -2.33. The summed E-state index contributed by atoms with van der Waals surface area (Å²) in [5.41, 5.74) is 0. The van der Waals surface area contributed by atoms with Gasteiger partial charge in [0.05, 0.1) is 0 Å². The van der Waals surface area contributed by atoms with Gasteiger partial charge in [-0.25, -0.2) is 0 Å². The largest absolute Gasteiger partial charge is 0.313 e. The average molecular weight is 224 g/mol. The van der Waals surface area contributed by atoms with Gasteiger partial charge >= 0.3 is 0 Å². The van der Waals surface area contributed by atoms with Crippen LogP contribution >= 0.6 is 0 Å². The Morgan fingerprint density at radius 2 is 1.75 bits per heavy atom. The molecule has 1 saturated carbocycles. The zero-order valence-electron chi connectivity index (χ0n) is 10.9. The van der Waals surface area contributed by atoms with E-state index in [4.69, 9.17) is 0 Å². The van der Waals surface area contributed by atoms with Crippen LogP contribution in [0.5, 0.6) is 0 Å². The molecule has 0 radical (unpaired) electrons. The molecule has 0 amide bonds. The Morgan fingerprint density at radius 1 is 1.06 bits per heavy atom. The predicted molar refractivity (Wildman–Crippen MR) is 69.7 cm³/mol. The van der Waals surface area contributed by atoms with Crippen molar-refractivity contribution in [1.29, 1.82) is 0 Å². The highest BCUT2D eigenvalue weighted by Gasteiger charge is 2.25. The zero-order chi connectivity index (χ0) is 11.2. The second kappa shape index (κ2) is 6.61. The van der Waals surface area contributed by atoms with Crippen molar-refractivity contribution in [2.75, 3.05) is 26.2 Å². The maximum Gasteiger partial charge on any atom is 0.0223 e. The predicted octanol–water partition coefficient (Wildman–Crippen LogP) is 2.64. The smallest absolute Gasteiger partial charge is 0.0223 e. The summed E-state index contributed by atoms with van der Waals surface area (Å²) in [6.07, 6.45) is 10.2. The van der Waals surface area contributed by atoms with Crippen molar-refractivity contribution in [2.24, 2.45) is 5.92 Å². The van der Waals surface area contributed by atoms with E-state index in [1.807, 2.05) is 0 Å². The molecule has 0 spiro atoms. The van der Waals surface area contributed by atoms with Crippen LogP contribution in [0.15, 0.2) is 0 Å². The van der Waals surface area contributed by atoms with Crippen LogP contribution < -0.4 is 5.32 Å². The van der Waals surface area contributed by atoms with Crippen LogP contribution in [0.25, 0.3) is 0 Å². The van der Waals surface area contributed by atoms with E-state index in [-0.39, 0.29) is 0 Å². The summed E-state index contributed by atoms with van der Waals surface area (Å²) in [4.78, 5) is 2.67. The minimum atomic E-state index is 0.767. The first-order chi connectivity index (χ1) is 7.90. The summed E-state index contributed by atoms with van der Waals surface area (Å²) in [6.45, 7) is 7.37. The molecular formula is C14H28N2. The van der Waals surface area contributed by atoms with Crippen molar-refractivity contribution in [1.82, 2.24) is 10.2 Å². The number of rotatable bonds is 5. The molecule has 0 bridgehead atoms. The van der Waals surface area contributed by atoms with Gasteiger partial charge in [0.15, 0.2) is 0 Å². The first-order valence-corrected chi connectivity index (χ1v) is 7.36. The lowest BCUT2D eigenvalue weighted by atomic mass is 9.83. The Balaban J connectivity index is 1.82. The summed E-state index contributed by atoms with van der Waals surface area (Å²) in [7, 11) is 0. The molecule has 1 aliphatic heterocycles. The Hall–Kier alpha value is -0.0800. The van der Waals surface area contributed by atoms with E-state index in [0.29, 0.717) is 0 Å². The molecule has 1 aliphatic carbocycles. The molecular weight excluding hydrogens is 196 g/mol. The Kier molecular flexibility index (Phi) is 5.11. The fourth-order valence-electron chi connectivity index (χ4n) is 3.42. The van der Waals surface area contributed by atoms with Crippen LogP contribution in [0.1, 0.15) is 51.9 Å². The number of likely N-dealkylation sites (N-methyl/N-ethyl adjacent to an activating group) is 1. The molecule has 2 nitrogen and oxygen atoms in total. The van der Waals surface area contributed by atoms with Gasteiger partial charge < -0.3 is 10.2 Å². The quantitative estimate of drug-likeness (QED) is 0.772. The Labute approximate surface area is 101 Å². The molecule has 0 aromatic carbocycles. The van der Waals surface area contributed by atoms with Gasteiger partial charge in [-0.3, -0.25) is 0 Å². The second-order valence-electron chi connectivity index (χ2n) is 5.57. The highest BCUT2D eigenvalue weighted by atomic mass is 15.2. The number of nitrogens with one attached hydrogen (secondary N) is 1. The van der Waals surface area contributed by atoms with E-state index >= 15 is 0 Å². The van der Waals surface area contributed by atoms with E-state index in [0.717, 1.165) is 18.5 Å². The molecule has 16 heavy (non-hydrogen) atoms. The Bertz CT molecular complexity index is 181. The number of hydrogen-bond acceptors (Lipinski definition) is 2. The fourth-order valence-corrected chi connectivity index (χ4v) is 3.42. The number of hydrogen-bond donors (Lipinski definition) is 1. The van der Waals surface area contributed by atoms with Gasteiger partial charge in [0.1, 0.15) is 0 Å². The number of nitrogens with zero attached hydrogens (tertiary/aromatic N) is 1. The summed E-state index contributed by atoms with van der Waals surface area (Å²) in [5, 5.41) is 3.74. The van der Waals surface area contributed by atoms with Crippen molar-refractivity contribution < 1.29 is 0 Å². The van der Waals surface area contributed by atoms with E-state index in [1.165, 1.54) is 64.6 Å². The third-order valence-electron chi connectivity index (χ3n) is 4.34. The molecule has 1 N–H and O–H groups in total. The molecule has 2 aliphatic rings. The topological polar surface area (TPSA) is 15.3 Å². The highest BCUT2D eigenvalue weighted by molar-refractivity contribution is 4.83. The molecule has 1 atom stereocenters. The van der Waals surface area contributed by atoms with E-state index in [2.05, 4.69) is 17.1 Å². The minimum absolute atomic E-state index is 0.767. The molecule has 1 heterocycles. The van der Waals surface area contributed by atoms with Crippen molar-refractivity contribution in [3.05, 3.63) is 0 Å². The lowest BCUT2D eigenvalue weighted by molar-refractivity contribution is 0.206. The van der Waals surface area contributed by atoms with Crippen LogP contribution in [0.3, 0.4) is 0 Å². The molecule has 0 aromatic heterocycles. The van der Waals surface area contributed by atoms with Crippen LogP contribution in [-0.4, -0.2) is 37.1 Å². The van der Waals surface area contributed by atoms with Gasteiger partial charge in [-0.05, 0) is 51.2 Å². The summed E-state index contributed by atoms with van der Waals surface area (Å²) >= 11 is 0. The van der Waals surface area contributed by atoms with Gasteiger partial charge in [0, 0.05) is 12.6 Å². The second-order valence-corrected chi connectivity index (χ2v) is 5.57. The van der Waals surface area contributed by atoms with Crippen molar-refractivity contribution in [3.8, 4) is 0 Å². The molecule has 1 unspecified atom stereocenters. The SMILES string of the molecule is CCNC(CN1CCCC1)C1CCCCC1. The molecule has 1 saturated heterocycles. The van der Waals surface area contributed by atoms with Gasteiger partial charge in [0.2, 0.25) is 0 Å². The third-order valence-corrected chi connectivity index (χ3v) is 4.34. The summed E-state index contributed by atoms with van der Waals surface area (Å²) < 4.78 is 0. The third kappa shape index (κ3) is 3.46. The minimum Gasteiger partial charge on any atom is -0.313 e. The van der Waals surface area contributed by atoms with Gasteiger partial charge in [-0.2, -0.15) is 0 Å². The molecule has 94 valence electrons. The molecule has 0 aromatic rings. The first-order valence-electron chi connectivity index (χ1n) is 7.36. The van der Waals surface area contributed by atoms with Crippen molar-refractivity contribution in [3.63, 3.8) is 0 Å². The first kappa shape index (κ1) is 12.4. The van der Waals surface area contributed by atoms with Gasteiger partial charge in [-0.15, -0.1) is 0 Å². The van der Waals surface area contributed by atoms with E-state index in [9.17, 15) is 0 Å². The lowest BCUT2D eigenvalue weighted by Crippen LogP contribution is -2.45. The van der Waals surface area contributed by atoms with Crippen molar-refractivity contribution in [2.45, 2.75) is 57.9 Å². The normalized spacial score (nSPS) is 26.1. The fraction of sp³-hybridized carbons (Fsp3) is 1.00. The van der Waals surface area contributed by atoms with Crippen LogP contribution in [-0.2, 0) is 0 Å². The van der Waals surface area contributed by atoms with Gasteiger partial charge in [0.25, 0.3) is 0 Å². The summed E-state index contributed by atoms with van der Waals surface area (Å²) in [5.74, 6) is 0.953. The highest BCUT2D eigenvalue weighted by Crippen LogP contribution is 2.27. The average Bonchev–Trinajstić information content (AvgIpc) is 2.83. The van der Waals surface area contributed by atoms with E-state index < -0.39 is 0 Å². The molecule has 2 rings (SSSR count). The van der Waals surface area contributed by atoms with Crippen LogP contribution in [0.2, 0.25) is 0 Å². The van der Waals surface area contributed by atoms with Crippen molar-refractivity contribution >= 4 is 0 Å². The summed E-state index contributed by atoms with van der Waals surface area (Å²) in [6, 6.07) is 0.767. The maximum atomic E-state index is 3.74. The van der Waals surface area contributed by atoms with E-state index in [1.54, 1.807) is 0 Å². The van der Waals surface area contributed by atoms with Crippen LogP contribution in [0, 0.1) is 5.92 Å². The number of likely N-dealkylation sites (tertiary alicyclic amines) is 1. The van der Waals surface area contributed by atoms with Gasteiger partial charge in [-0.1, -0.05) is 26.2 Å². The molecule has 2 fully saturated rings. The van der Waals surface area contributed by atoms with Crippen LogP contribution in [0.4, 0.5) is 0 Å².